The van der Waals surface area contributed by atoms with E-state index in [9.17, 15) is 0 Å². The van der Waals surface area contributed by atoms with Gasteiger partial charge in [-0.05, 0) is 58.3 Å². The summed E-state index contributed by atoms with van der Waals surface area (Å²) in [5.41, 5.74) is 5.46. The van der Waals surface area contributed by atoms with E-state index in [1.54, 1.807) is 0 Å². The molecule has 9 rings (SSSR count). The van der Waals surface area contributed by atoms with Gasteiger partial charge in [0.1, 0.15) is 0 Å². The number of hydrogen-bond acceptors (Lipinski definition) is 4. The molecule has 0 saturated carbocycles. The molecule has 0 aliphatic rings. The Kier molecular flexibility index (Phi) is 4.49. The van der Waals surface area contributed by atoms with Gasteiger partial charge in [-0.3, -0.25) is 0 Å². The highest BCUT2D eigenvalue weighted by atomic mass is 32.1. The van der Waals surface area contributed by atoms with Crippen LogP contribution in [0.1, 0.15) is 0 Å². The van der Waals surface area contributed by atoms with Gasteiger partial charge >= 0.3 is 0 Å². The average Bonchev–Trinajstić information content (AvgIpc) is 3.75. The molecule has 4 aromatic heterocycles. The van der Waals surface area contributed by atoms with Crippen molar-refractivity contribution in [3.63, 3.8) is 0 Å². The second-order valence-corrected chi connectivity index (χ2v) is 13.6. The van der Waals surface area contributed by atoms with Crippen LogP contribution in [-0.2, 0) is 0 Å². The van der Waals surface area contributed by atoms with Crippen molar-refractivity contribution in [1.82, 2.24) is 0 Å². The number of benzene rings is 5. The van der Waals surface area contributed by atoms with Crippen LogP contribution in [0.5, 0.6) is 0 Å². The van der Waals surface area contributed by atoms with E-state index in [0.717, 1.165) is 0 Å². The molecule has 0 radical (unpaired) electrons. The van der Waals surface area contributed by atoms with Crippen LogP contribution in [0.25, 0.3) is 82.8 Å². The molecule has 0 unspecified atom stereocenters. The Morgan fingerprint density at radius 1 is 0.368 bits per heavy atom. The van der Waals surface area contributed by atoms with E-state index in [-0.39, 0.29) is 0 Å². The minimum Gasteiger partial charge on any atom is -0.144 e. The van der Waals surface area contributed by atoms with Crippen LogP contribution in [0.2, 0.25) is 0 Å². The van der Waals surface area contributed by atoms with Crippen LogP contribution in [0.3, 0.4) is 0 Å². The van der Waals surface area contributed by atoms with Crippen LogP contribution in [-0.4, -0.2) is 0 Å². The predicted molar refractivity (Wildman–Crippen MR) is 174 cm³/mol. The smallest absolute Gasteiger partial charge is 0.0447 e. The average molecular weight is 555 g/mol. The highest BCUT2D eigenvalue weighted by molar-refractivity contribution is 7.28. The van der Waals surface area contributed by atoms with E-state index in [1.165, 1.54) is 82.8 Å². The predicted octanol–water partition coefficient (Wildman–Crippen LogP) is 12.2. The summed E-state index contributed by atoms with van der Waals surface area (Å²) in [5.74, 6) is 0. The van der Waals surface area contributed by atoms with Crippen molar-refractivity contribution in [3.05, 3.63) is 108 Å². The maximum Gasteiger partial charge on any atom is 0.0447 e. The Hall–Kier alpha value is -3.54. The molecule has 0 atom stereocenters. The van der Waals surface area contributed by atoms with E-state index in [2.05, 4.69) is 108 Å². The summed E-state index contributed by atoms with van der Waals surface area (Å²) in [6.45, 7) is 0. The Morgan fingerprint density at radius 2 is 0.816 bits per heavy atom. The van der Waals surface area contributed by atoms with Gasteiger partial charge in [0.15, 0.2) is 0 Å². The van der Waals surface area contributed by atoms with Crippen LogP contribution >= 0.6 is 45.3 Å². The first-order valence-corrected chi connectivity index (χ1v) is 16.0. The molecule has 0 bridgehead atoms. The van der Waals surface area contributed by atoms with Crippen LogP contribution in [0.4, 0.5) is 0 Å². The van der Waals surface area contributed by atoms with Crippen molar-refractivity contribution in [2.24, 2.45) is 0 Å². The van der Waals surface area contributed by atoms with Crippen molar-refractivity contribution in [3.8, 4) is 22.3 Å². The molecular weight excluding hydrogens is 537 g/mol. The zero-order valence-corrected chi connectivity index (χ0v) is 23.3. The van der Waals surface area contributed by atoms with Gasteiger partial charge < -0.3 is 0 Å². The second kappa shape index (κ2) is 7.98. The van der Waals surface area contributed by atoms with E-state index < -0.39 is 0 Å². The summed E-state index contributed by atoms with van der Waals surface area (Å²) in [7, 11) is 0. The van der Waals surface area contributed by atoms with E-state index in [4.69, 9.17) is 0 Å². The van der Waals surface area contributed by atoms with Crippen molar-refractivity contribution in [1.29, 1.82) is 0 Å². The summed E-state index contributed by atoms with van der Waals surface area (Å²) in [4.78, 5) is 0. The van der Waals surface area contributed by atoms with Gasteiger partial charge in [0.25, 0.3) is 0 Å². The maximum absolute atomic E-state index is 2.33. The van der Waals surface area contributed by atoms with Gasteiger partial charge in [-0.1, -0.05) is 60.7 Å². The SMILES string of the molecule is c1cc(-c2c3sc4ccccc4c3c(-c3cccc4sccc34)c3sc4ccccc4c23)c2ccsc2c1. The van der Waals surface area contributed by atoms with E-state index in [1.807, 2.05) is 45.3 Å². The molecule has 5 aromatic carbocycles. The second-order valence-electron chi connectivity index (χ2n) is 9.63. The molecule has 0 aliphatic heterocycles. The first kappa shape index (κ1) is 21.4. The lowest BCUT2D eigenvalue weighted by Gasteiger charge is -2.15. The lowest BCUT2D eigenvalue weighted by Crippen LogP contribution is -1.87. The molecule has 0 fully saturated rings. The highest BCUT2D eigenvalue weighted by Crippen LogP contribution is 2.55. The van der Waals surface area contributed by atoms with E-state index >= 15 is 0 Å². The molecule has 0 nitrogen and oxygen atoms in total. The highest BCUT2D eigenvalue weighted by Gasteiger charge is 2.25. The molecular formula is C34H18S4. The number of fused-ring (bicyclic) bond motifs is 8. The first-order valence-electron chi connectivity index (χ1n) is 12.6. The van der Waals surface area contributed by atoms with Gasteiger partial charge in [0.2, 0.25) is 0 Å². The van der Waals surface area contributed by atoms with Gasteiger partial charge in [0, 0.05) is 71.6 Å². The lowest BCUT2D eigenvalue weighted by molar-refractivity contribution is 1.79. The third-order valence-electron chi connectivity index (χ3n) is 7.68. The Morgan fingerprint density at radius 3 is 1.32 bits per heavy atom. The molecule has 0 spiro atoms. The lowest BCUT2D eigenvalue weighted by atomic mass is 9.89. The molecule has 0 N–H and O–H groups in total. The summed E-state index contributed by atoms with van der Waals surface area (Å²) >= 11 is 7.55. The number of thiophene rings is 4. The van der Waals surface area contributed by atoms with Crippen LogP contribution < -0.4 is 0 Å². The maximum atomic E-state index is 2.33. The van der Waals surface area contributed by atoms with E-state index in [0.29, 0.717) is 0 Å². The summed E-state index contributed by atoms with van der Waals surface area (Å²) in [6.07, 6.45) is 0. The molecule has 0 amide bonds. The summed E-state index contributed by atoms with van der Waals surface area (Å²) in [5, 5.41) is 12.6. The Bertz CT molecular complexity index is 2190. The van der Waals surface area contributed by atoms with Crippen LogP contribution in [0.15, 0.2) is 108 Å². The van der Waals surface area contributed by atoms with Crippen molar-refractivity contribution in [2.45, 2.75) is 0 Å². The fourth-order valence-corrected chi connectivity index (χ4v) is 10.3. The largest absolute Gasteiger partial charge is 0.144 e. The number of hydrogen-bond donors (Lipinski definition) is 0. The monoisotopic (exact) mass is 554 g/mol. The minimum absolute atomic E-state index is 1.34. The van der Waals surface area contributed by atoms with Gasteiger partial charge in [0.05, 0.1) is 0 Å². The van der Waals surface area contributed by atoms with Gasteiger partial charge in [-0.15, -0.1) is 45.3 Å². The third kappa shape index (κ3) is 2.83. The number of rotatable bonds is 2. The van der Waals surface area contributed by atoms with Crippen molar-refractivity contribution in [2.75, 3.05) is 0 Å². The zero-order valence-electron chi connectivity index (χ0n) is 20.0. The zero-order chi connectivity index (χ0) is 24.8. The summed E-state index contributed by atoms with van der Waals surface area (Å²) < 4.78 is 8.17. The topological polar surface area (TPSA) is 0 Å². The molecule has 0 aliphatic carbocycles. The molecule has 4 heteroatoms. The van der Waals surface area contributed by atoms with Crippen LogP contribution in [0, 0.1) is 0 Å². The molecule has 0 saturated heterocycles. The Labute approximate surface area is 234 Å². The minimum atomic E-state index is 1.34. The molecule has 38 heavy (non-hydrogen) atoms. The fourth-order valence-electron chi connectivity index (χ4n) is 6.10. The normalized spacial score (nSPS) is 12.2. The molecule has 4 heterocycles. The van der Waals surface area contributed by atoms with Gasteiger partial charge in [-0.2, -0.15) is 0 Å². The standard InChI is InChI=1S/C34H18S4/c1-3-11-27-23(7-1)31-29(21-9-5-13-25-19(21)15-17-35-25)34-32(24-8-2-4-12-28(24)38-34)30(33(31)37-27)22-10-6-14-26-20(22)16-18-36-26/h1-18H. The van der Waals surface area contributed by atoms with Crippen molar-refractivity contribution >= 4 is 106 Å². The third-order valence-corrected chi connectivity index (χ3v) is 11.8. The first-order chi connectivity index (χ1) is 18.9. The molecule has 178 valence electrons. The molecule has 9 aromatic rings. The van der Waals surface area contributed by atoms with Gasteiger partial charge in [-0.25, -0.2) is 0 Å². The van der Waals surface area contributed by atoms with Crippen molar-refractivity contribution < 1.29 is 0 Å². The quantitative estimate of drug-likeness (QED) is 0.199. The fraction of sp³-hybridized carbons (Fsp3) is 0. The Balaban J connectivity index is 1.62. The summed E-state index contributed by atoms with van der Waals surface area (Å²) in [6, 6.07) is 36.2.